The van der Waals surface area contributed by atoms with Crippen molar-refractivity contribution >= 4 is 5.57 Å². The van der Waals surface area contributed by atoms with Gasteiger partial charge in [0.2, 0.25) is 0 Å². The van der Waals surface area contributed by atoms with Gasteiger partial charge in [-0.3, -0.25) is 4.39 Å². The van der Waals surface area contributed by atoms with Crippen LogP contribution in [0.5, 0.6) is 0 Å². The summed E-state index contributed by atoms with van der Waals surface area (Å²) in [7, 11) is 5.66. The summed E-state index contributed by atoms with van der Waals surface area (Å²) >= 11 is 0. The largest absolute Gasteiger partial charge is 0.323 e. The topological polar surface area (TPSA) is 24.1 Å². The molecule has 2 N–H and O–H groups in total. The van der Waals surface area contributed by atoms with E-state index in [1.165, 1.54) is 11.6 Å². The molecule has 0 aliphatic carbocycles. The van der Waals surface area contributed by atoms with Gasteiger partial charge in [0.05, 0.1) is 6.67 Å². The van der Waals surface area contributed by atoms with Crippen LogP contribution in [-0.4, -0.2) is 33.9 Å². The third-order valence-corrected chi connectivity index (χ3v) is 7.23. The maximum Gasteiger partial charge on any atom is 0.131 e. The molecular formula is C44H73F3N2. The molecule has 0 saturated heterocycles. The number of likely N-dealkylation sites (N-methyl/N-ethyl adjacent to an activating group) is 1. The average molecular weight is 687 g/mol. The molecular weight excluding hydrogens is 613 g/mol. The average Bonchev–Trinajstić information content (AvgIpc) is 3.05. The highest BCUT2D eigenvalue weighted by Crippen LogP contribution is 2.28. The van der Waals surface area contributed by atoms with Gasteiger partial charge in [-0.1, -0.05) is 129 Å². The number of aryl methyl sites for hydroxylation is 1. The molecule has 0 heterocycles. The van der Waals surface area contributed by atoms with Crippen molar-refractivity contribution in [3.8, 4) is 0 Å². The predicted octanol–water partition coefficient (Wildman–Crippen LogP) is 13.0. The summed E-state index contributed by atoms with van der Waals surface area (Å²) in [6.07, 6.45) is 12.7. The highest BCUT2D eigenvalue weighted by molar-refractivity contribution is 5.75. The van der Waals surface area contributed by atoms with Crippen molar-refractivity contribution in [1.82, 2.24) is 10.6 Å². The van der Waals surface area contributed by atoms with Gasteiger partial charge in [-0.2, -0.15) is 0 Å². The Balaban J connectivity index is -0.000000301. The van der Waals surface area contributed by atoms with Crippen LogP contribution in [0.3, 0.4) is 0 Å². The molecule has 2 nitrogen and oxygen atoms in total. The van der Waals surface area contributed by atoms with Crippen LogP contribution >= 0.6 is 0 Å². The Morgan fingerprint density at radius 1 is 0.980 bits per heavy atom. The molecule has 0 spiro atoms. The van der Waals surface area contributed by atoms with Crippen LogP contribution in [0.15, 0.2) is 97.3 Å². The number of halogens is 3. The Kier molecular flexibility index (Phi) is 35.9. The first-order valence-electron chi connectivity index (χ1n) is 17.3. The van der Waals surface area contributed by atoms with Gasteiger partial charge in [0.25, 0.3) is 0 Å². The first-order chi connectivity index (χ1) is 22.7. The summed E-state index contributed by atoms with van der Waals surface area (Å²) in [5.41, 5.74) is 6.28. The smallest absolute Gasteiger partial charge is 0.131 e. The molecule has 0 radical (unpaired) electrons. The normalized spacial score (nSPS) is 12.0. The third kappa shape index (κ3) is 27.4. The Morgan fingerprint density at radius 2 is 1.55 bits per heavy atom. The van der Waals surface area contributed by atoms with Gasteiger partial charge >= 0.3 is 0 Å². The standard InChI is InChI=1S/C18H25F2N.C10H16.C8H10.C5H11F.C2H7N.CH4/c1-7-13(15-11-14(19)8-9-16(15)20)10-12(2)17(21-6)18(3,4)5;1-5-7-8-10(6-2)9(3)4;1-2-8-6-4-3-5-7-8;1-2-3-4-5-6;1-3-2;/h7-11,17,21H,1-6H3;6-7,9-10H,1-2,8H2,3-4H3;3-7H,2H2,1H3;2-5H2,1H3;3H,1-2H3;1H4/b12-10+,13-7+;;;;;. The molecule has 2 aromatic rings. The lowest BCUT2D eigenvalue weighted by atomic mass is 9.82. The molecule has 2 unspecified atom stereocenters. The molecule has 0 amide bonds. The quantitative estimate of drug-likeness (QED) is 0.100. The second kappa shape index (κ2) is 33.4. The fraction of sp³-hybridized carbons (Fsp3) is 0.523. The van der Waals surface area contributed by atoms with E-state index in [0.717, 1.165) is 49.8 Å². The zero-order valence-electron chi connectivity index (χ0n) is 32.5. The van der Waals surface area contributed by atoms with E-state index in [0.29, 0.717) is 23.0 Å². The van der Waals surface area contributed by atoms with Crippen LogP contribution in [0.4, 0.5) is 13.2 Å². The minimum absolute atomic E-state index is 0. The summed E-state index contributed by atoms with van der Waals surface area (Å²) < 4.78 is 38.5. The van der Waals surface area contributed by atoms with E-state index in [1.54, 1.807) is 6.08 Å². The molecule has 5 heteroatoms. The number of nitrogens with one attached hydrogen (secondary N) is 2. The van der Waals surface area contributed by atoms with Gasteiger partial charge in [0.1, 0.15) is 11.6 Å². The van der Waals surface area contributed by atoms with E-state index in [-0.39, 0.29) is 25.6 Å². The van der Waals surface area contributed by atoms with Crippen LogP contribution in [0.2, 0.25) is 0 Å². The summed E-state index contributed by atoms with van der Waals surface area (Å²) in [6.45, 7) is 26.0. The lowest BCUT2D eigenvalue weighted by molar-refractivity contribution is 0.316. The summed E-state index contributed by atoms with van der Waals surface area (Å²) in [5, 5.41) is 6.04. The van der Waals surface area contributed by atoms with E-state index in [2.05, 4.69) is 102 Å². The summed E-state index contributed by atoms with van der Waals surface area (Å²) in [5.74, 6) is 0.402. The zero-order valence-corrected chi connectivity index (χ0v) is 32.5. The maximum atomic E-state index is 13.9. The lowest BCUT2D eigenvalue weighted by Gasteiger charge is -2.31. The molecule has 2 atom stereocenters. The van der Waals surface area contributed by atoms with Crippen molar-refractivity contribution in [1.29, 1.82) is 0 Å². The number of hydrogen-bond donors (Lipinski definition) is 2. The highest BCUT2D eigenvalue weighted by atomic mass is 19.1. The molecule has 0 aliphatic rings. The van der Waals surface area contributed by atoms with Crippen LogP contribution in [0, 0.1) is 28.9 Å². The number of benzene rings is 2. The number of unbranched alkanes of at least 4 members (excludes halogenated alkanes) is 2. The molecule has 0 aliphatic heterocycles. The molecule has 2 aromatic carbocycles. The maximum absolute atomic E-state index is 13.9. The van der Waals surface area contributed by atoms with Crippen LogP contribution in [0.25, 0.3) is 5.57 Å². The van der Waals surface area contributed by atoms with Crippen molar-refractivity contribution in [2.45, 2.75) is 108 Å². The lowest BCUT2D eigenvalue weighted by Crippen LogP contribution is -2.38. The minimum Gasteiger partial charge on any atom is -0.323 e. The zero-order chi connectivity index (χ0) is 37.5. The van der Waals surface area contributed by atoms with Crippen LogP contribution in [-0.2, 0) is 6.42 Å². The van der Waals surface area contributed by atoms with Gasteiger partial charge in [-0.25, -0.2) is 8.78 Å². The van der Waals surface area contributed by atoms with Gasteiger partial charge in [-0.05, 0) is 107 Å². The van der Waals surface area contributed by atoms with Crippen molar-refractivity contribution in [3.63, 3.8) is 0 Å². The molecule has 49 heavy (non-hydrogen) atoms. The molecule has 0 bridgehead atoms. The molecule has 0 saturated carbocycles. The Hall–Kier alpha value is -3.11. The van der Waals surface area contributed by atoms with Gasteiger partial charge in [0, 0.05) is 11.6 Å². The highest BCUT2D eigenvalue weighted by Gasteiger charge is 2.24. The Labute approximate surface area is 301 Å². The second-order valence-corrected chi connectivity index (χ2v) is 12.9. The Morgan fingerprint density at radius 3 is 1.90 bits per heavy atom. The van der Waals surface area contributed by atoms with E-state index < -0.39 is 11.6 Å². The predicted molar refractivity (Wildman–Crippen MR) is 216 cm³/mol. The van der Waals surface area contributed by atoms with Crippen LogP contribution in [0.1, 0.15) is 107 Å². The first-order valence-corrected chi connectivity index (χ1v) is 17.3. The number of rotatable bonds is 12. The Bertz CT molecular complexity index is 1170. The SMILES string of the molecule is C.C/C=C(\C=C(/C)C(NC)C(C)(C)C)c1cc(F)ccc1F.C=C=CCC(C=C)C(C)C.CCCCCF.CCc1ccccc1.CNC. The molecule has 0 fully saturated rings. The fourth-order valence-electron chi connectivity index (χ4n) is 4.63. The van der Waals surface area contributed by atoms with Gasteiger partial charge in [0.15, 0.2) is 0 Å². The fourth-order valence-corrected chi connectivity index (χ4v) is 4.63. The van der Waals surface area contributed by atoms with Crippen LogP contribution < -0.4 is 10.6 Å². The summed E-state index contributed by atoms with van der Waals surface area (Å²) in [4.78, 5) is 0. The first kappa shape index (κ1) is 52.7. The summed E-state index contributed by atoms with van der Waals surface area (Å²) in [6, 6.07) is 14.1. The van der Waals surface area contributed by atoms with E-state index >= 15 is 0 Å². The van der Waals surface area contributed by atoms with E-state index in [9.17, 15) is 13.2 Å². The molecule has 0 aromatic heterocycles. The van der Waals surface area contributed by atoms with Crippen molar-refractivity contribution in [2.24, 2.45) is 17.3 Å². The molecule has 2 rings (SSSR count). The van der Waals surface area contributed by atoms with Crippen molar-refractivity contribution < 1.29 is 13.2 Å². The number of hydrogen-bond acceptors (Lipinski definition) is 2. The van der Waals surface area contributed by atoms with Crippen molar-refractivity contribution in [3.05, 3.63) is 120 Å². The minimum atomic E-state index is -0.433. The molecule has 280 valence electrons. The number of alkyl halides is 1. The third-order valence-electron chi connectivity index (χ3n) is 7.23. The van der Waals surface area contributed by atoms with E-state index in [4.69, 9.17) is 0 Å². The monoisotopic (exact) mass is 687 g/mol. The van der Waals surface area contributed by atoms with Gasteiger partial charge in [-0.15, -0.1) is 12.3 Å². The van der Waals surface area contributed by atoms with Crippen molar-refractivity contribution in [2.75, 3.05) is 27.8 Å². The van der Waals surface area contributed by atoms with Gasteiger partial charge < -0.3 is 10.6 Å². The second-order valence-electron chi connectivity index (χ2n) is 12.9. The number of allylic oxidation sites excluding steroid dienone is 5. The van der Waals surface area contributed by atoms with E-state index in [1.807, 2.05) is 59.3 Å².